The maximum atomic E-state index is 10.5. The molecule has 1 aromatic rings. The molecular weight excluding hydrogens is 122 g/mol. The molecule has 0 aliphatic carbocycles. The van der Waals surface area contributed by atoms with Crippen LogP contribution < -0.4 is 5.73 Å². The Hall–Kier alpha value is -1.46. The highest BCUT2D eigenvalue weighted by atomic mass is 16.2. The minimum Gasteiger partial charge on any atom is -0.366 e. The molecule has 48 valence electrons. The van der Waals surface area contributed by atoms with E-state index in [1.54, 1.807) is 0 Å². The van der Waals surface area contributed by atoms with Crippen molar-refractivity contribution in [2.75, 3.05) is 5.73 Å². The number of anilines is 1. The van der Waals surface area contributed by atoms with E-state index in [0.29, 0.717) is 0 Å². The van der Waals surface area contributed by atoms with Crippen molar-refractivity contribution in [3.8, 4) is 0 Å². The molecule has 0 fully saturated rings. The molecule has 0 unspecified atom stereocenters. The van der Waals surface area contributed by atoms with Gasteiger partial charge in [0.05, 0.1) is 0 Å². The molecule has 2 N–H and O–H groups in total. The van der Waals surface area contributed by atoms with E-state index in [-0.39, 0.29) is 11.9 Å². The van der Waals surface area contributed by atoms with E-state index in [1.807, 2.05) is 0 Å². The van der Waals surface area contributed by atoms with Gasteiger partial charge in [0.15, 0.2) is 0 Å². The van der Waals surface area contributed by atoms with Crippen LogP contribution in [0.15, 0.2) is 0 Å². The van der Waals surface area contributed by atoms with Crippen LogP contribution in [0.3, 0.4) is 0 Å². The Labute approximate surface area is 50.6 Å². The first-order valence-corrected chi connectivity index (χ1v) is 2.26. The van der Waals surface area contributed by atoms with E-state index in [9.17, 15) is 4.79 Å². The lowest BCUT2D eigenvalue weighted by Crippen LogP contribution is -2.11. The second-order valence-corrected chi connectivity index (χ2v) is 1.47. The molecular formula is C3H5N5O. The number of rotatable bonds is 0. The Kier molecular flexibility index (Phi) is 1.14. The van der Waals surface area contributed by atoms with Gasteiger partial charge in [-0.05, 0) is 10.4 Å². The van der Waals surface area contributed by atoms with Crippen molar-refractivity contribution in [2.24, 2.45) is 0 Å². The molecule has 0 spiro atoms. The molecule has 0 aliphatic heterocycles. The Morgan fingerprint density at radius 3 is 2.67 bits per heavy atom. The maximum absolute atomic E-state index is 10.5. The topological polar surface area (TPSA) is 86.7 Å². The Morgan fingerprint density at radius 2 is 2.44 bits per heavy atom. The SMILES string of the molecule is CC(=O)n1nnnc1N. The minimum atomic E-state index is -0.294. The van der Waals surface area contributed by atoms with Crippen LogP contribution in [0.2, 0.25) is 0 Å². The van der Waals surface area contributed by atoms with Crippen molar-refractivity contribution >= 4 is 11.9 Å². The van der Waals surface area contributed by atoms with Gasteiger partial charge in [0.25, 0.3) is 0 Å². The molecule has 0 radical (unpaired) electrons. The summed E-state index contributed by atoms with van der Waals surface area (Å²) in [5.74, 6) is -0.278. The molecule has 1 rings (SSSR count). The average molecular weight is 127 g/mol. The highest BCUT2D eigenvalue weighted by Crippen LogP contribution is 1.88. The van der Waals surface area contributed by atoms with Gasteiger partial charge in [-0.15, -0.1) is 4.68 Å². The lowest BCUT2D eigenvalue weighted by Gasteiger charge is -1.88. The van der Waals surface area contributed by atoms with E-state index >= 15 is 0 Å². The molecule has 0 amide bonds. The molecule has 1 heterocycles. The smallest absolute Gasteiger partial charge is 0.248 e. The van der Waals surface area contributed by atoms with Crippen LogP contribution in [0.1, 0.15) is 11.7 Å². The number of tetrazole rings is 1. The summed E-state index contributed by atoms with van der Waals surface area (Å²) in [6.07, 6.45) is 0. The molecule has 1 aromatic heterocycles. The number of hydrogen-bond acceptors (Lipinski definition) is 5. The first-order valence-electron chi connectivity index (χ1n) is 2.26. The van der Waals surface area contributed by atoms with Gasteiger partial charge in [-0.1, -0.05) is 5.10 Å². The number of nitrogen functional groups attached to an aromatic ring is 1. The fourth-order valence-electron chi connectivity index (χ4n) is 0.418. The van der Waals surface area contributed by atoms with Crippen LogP contribution >= 0.6 is 0 Å². The summed E-state index contributed by atoms with van der Waals surface area (Å²) in [5.41, 5.74) is 5.15. The third-order valence-corrected chi connectivity index (χ3v) is 0.792. The van der Waals surface area contributed by atoms with Crippen molar-refractivity contribution in [1.82, 2.24) is 20.2 Å². The molecule has 0 saturated heterocycles. The third kappa shape index (κ3) is 0.857. The van der Waals surface area contributed by atoms with Gasteiger partial charge in [0, 0.05) is 6.92 Å². The molecule has 0 aliphatic rings. The highest BCUT2D eigenvalue weighted by molar-refractivity contribution is 5.77. The molecule has 0 atom stereocenters. The zero-order valence-corrected chi connectivity index (χ0v) is 4.77. The van der Waals surface area contributed by atoms with Crippen molar-refractivity contribution < 1.29 is 4.79 Å². The number of nitrogens with zero attached hydrogens (tertiary/aromatic N) is 4. The maximum Gasteiger partial charge on any atom is 0.248 e. The van der Waals surface area contributed by atoms with E-state index in [2.05, 4.69) is 15.5 Å². The van der Waals surface area contributed by atoms with E-state index < -0.39 is 0 Å². The fraction of sp³-hybridized carbons (Fsp3) is 0.333. The van der Waals surface area contributed by atoms with Gasteiger partial charge in [0.2, 0.25) is 11.9 Å². The second-order valence-electron chi connectivity index (χ2n) is 1.47. The molecule has 9 heavy (non-hydrogen) atoms. The Bertz CT molecular complexity index is 228. The van der Waals surface area contributed by atoms with Crippen LogP contribution in [0.25, 0.3) is 0 Å². The number of nitrogens with two attached hydrogens (primary N) is 1. The normalized spacial score (nSPS) is 9.44. The van der Waals surface area contributed by atoms with Crippen molar-refractivity contribution in [1.29, 1.82) is 0 Å². The standard InChI is InChI=1S/C3H5N5O/c1-2(9)8-3(4)5-6-7-8/h1H3,(H2,4,5,7). The summed E-state index contributed by atoms with van der Waals surface area (Å²) in [5, 5.41) is 9.75. The second kappa shape index (κ2) is 1.81. The van der Waals surface area contributed by atoms with E-state index in [0.717, 1.165) is 4.68 Å². The quantitative estimate of drug-likeness (QED) is 0.448. The Balaban J connectivity index is 3.08. The highest BCUT2D eigenvalue weighted by Gasteiger charge is 2.02. The van der Waals surface area contributed by atoms with Crippen LogP contribution in [0, 0.1) is 0 Å². The molecule has 0 bridgehead atoms. The number of aromatic nitrogens is 4. The Morgan fingerprint density at radius 1 is 1.78 bits per heavy atom. The summed E-state index contributed by atoms with van der Waals surface area (Å²) in [7, 11) is 0. The van der Waals surface area contributed by atoms with Gasteiger partial charge < -0.3 is 5.73 Å². The third-order valence-electron chi connectivity index (χ3n) is 0.792. The first kappa shape index (κ1) is 5.67. The lowest BCUT2D eigenvalue weighted by molar-refractivity contribution is 0.0922. The number of carbonyl (C=O) groups excluding carboxylic acids is 1. The molecule has 6 heteroatoms. The summed E-state index contributed by atoms with van der Waals surface area (Å²) < 4.78 is 0.917. The van der Waals surface area contributed by atoms with Gasteiger partial charge in [-0.25, -0.2) is 0 Å². The summed E-state index contributed by atoms with van der Waals surface area (Å²) >= 11 is 0. The minimum absolute atomic E-state index is 0.0162. The van der Waals surface area contributed by atoms with Crippen molar-refractivity contribution in [2.45, 2.75) is 6.92 Å². The van der Waals surface area contributed by atoms with Crippen molar-refractivity contribution in [3.05, 3.63) is 0 Å². The van der Waals surface area contributed by atoms with Gasteiger partial charge in [0.1, 0.15) is 0 Å². The molecule has 0 saturated carbocycles. The largest absolute Gasteiger partial charge is 0.366 e. The van der Waals surface area contributed by atoms with Crippen LogP contribution in [-0.4, -0.2) is 26.1 Å². The van der Waals surface area contributed by atoms with Crippen LogP contribution in [0.4, 0.5) is 5.95 Å². The number of hydrogen-bond donors (Lipinski definition) is 1. The van der Waals surface area contributed by atoms with Crippen molar-refractivity contribution in [3.63, 3.8) is 0 Å². The lowest BCUT2D eigenvalue weighted by atomic mass is 10.7. The molecule has 6 nitrogen and oxygen atoms in total. The predicted molar refractivity (Wildman–Crippen MR) is 28.5 cm³/mol. The van der Waals surface area contributed by atoms with E-state index in [1.165, 1.54) is 6.92 Å². The summed E-state index contributed by atoms with van der Waals surface area (Å²) in [4.78, 5) is 10.5. The van der Waals surface area contributed by atoms with Gasteiger partial charge >= 0.3 is 0 Å². The first-order chi connectivity index (χ1) is 4.22. The van der Waals surface area contributed by atoms with Gasteiger partial charge in [-0.3, -0.25) is 4.79 Å². The summed E-state index contributed by atoms with van der Waals surface area (Å²) in [6.45, 7) is 1.33. The zero-order valence-electron chi connectivity index (χ0n) is 4.77. The monoisotopic (exact) mass is 127 g/mol. The predicted octanol–water partition coefficient (Wildman–Crippen LogP) is -1.08. The fourth-order valence-corrected chi connectivity index (χ4v) is 0.418. The summed E-state index contributed by atoms with van der Waals surface area (Å²) in [6, 6.07) is 0. The van der Waals surface area contributed by atoms with E-state index in [4.69, 9.17) is 5.73 Å². The molecule has 0 aromatic carbocycles. The average Bonchev–Trinajstić information content (AvgIpc) is 2.13. The van der Waals surface area contributed by atoms with Crippen LogP contribution in [0.5, 0.6) is 0 Å². The van der Waals surface area contributed by atoms with Gasteiger partial charge in [-0.2, -0.15) is 0 Å². The number of carbonyl (C=O) groups is 1. The zero-order chi connectivity index (χ0) is 6.85. The van der Waals surface area contributed by atoms with Crippen LogP contribution in [-0.2, 0) is 0 Å².